The van der Waals surface area contributed by atoms with E-state index in [9.17, 15) is 18.0 Å². The van der Waals surface area contributed by atoms with Crippen LogP contribution in [0, 0.1) is 0 Å². The number of carbonyl (C=O) groups is 2. The summed E-state index contributed by atoms with van der Waals surface area (Å²) in [5, 5.41) is 15.1. The molecule has 0 rings (SSSR count). The van der Waals surface area contributed by atoms with Crippen molar-refractivity contribution in [2.75, 3.05) is 5.75 Å². The normalized spacial score (nSPS) is 12.9. The second-order valence-electron chi connectivity index (χ2n) is 3.02. The van der Waals surface area contributed by atoms with E-state index in [-0.39, 0.29) is 6.42 Å². The zero-order valence-corrected chi connectivity index (χ0v) is 9.45. The largest absolute Gasteiger partial charge is 0.289 e. The van der Waals surface area contributed by atoms with Gasteiger partial charge in [-0.15, -0.1) is 0 Å². The third-order valence-corrected chi connectivity index (χ3v) is 4.13. The molecule has 0 aromatic rings. The van der Waals surface area contributed by atoms with Gasteiger partial charge in [-0.3, -0.25) is 20.0 Å². The zero-order valence-electron chi connectivity index (χ0n) is 8.63. The molecule has 0 aliphatic rings. The first kappa shape index (κ1) is 14.8. The molecule has 9 heteroatoms. The van der Waals surface area contributed by atoms with Crippen molar-refractivity contribution in [3.8, 4) is 0 Å². The number of amides is 2. The minimum Gasteiger partial charge on any atom is -0.289 e. The molecule has 0 saturated heterocycles. The average Bonchev–Trinajstić information content (AvgIpc) is 2.26. The molecule has 0 aromatic heterocycles. The second kappa shape index (κ2) is 6.40. The van der Waals surface area contributed by atoms with Crippen molar-refractivity contribution in [2.45, 2.75) is 25.0 Å². The van der Waals surface area contributed by atoms with Crippen molar-refractivity contribution >= 4 is 21.7 Å². The van der Waals surface area contributed by atoms with E-state index in [0.29, 0.717) is 0 Å². The first-order chi connectivity index (χ1) is 7.38. The highest BCUT2D eigenvalue weighted by Gasteiger charge is 2.30. The van der Waals surface area contributed by atoms with Crippen molar-refractivity contribution in [1.29, 1.82) is 0 Å². The fraction of sp³-hybridized carbons (Fsp3) is 0.714. The van der Waals surface area contributed by atoms with Crippen LogP contribution in [0.5, 0.6) is 0 Å². The lowest BCUT2D eigenvalue weighted by Gasteiger charge is -2.12. The van der Waals surface area contributed by atoms with E-state index in [0.717, 1.165) is 0 Å². The molecule has 4 N–H and O–H groups in total. The SMILES string of the molecule is CCC(C(=O)NO)S(=O)(=O)CCC(=O)NO. The van der Waals surface area contributed by atoms with Crippen molar-refractivity contribution in [2.24, 2.45) is 0 Å². The fourth-order valence-corrected chi connectivity index (χ4v) is 2.75. The molecule has 1 unspecified atom stereocenters. The topological polar surface area (TPSA) is 133 Å². The van der Waals surface area contributed by atoms with E-state index in [2.05, 4.69) is 0 Å². The van der Waals surface area contributed by atoms with E-state index in [1.807, 2.05) is 0 Å². The van der Waals surface area contributed by atoms with Crippen LogP contribution in [0.3, 0.4) is 0 Å². The minimum absolute atomic E-state index is 0.0184. The lowest BCUT2D eigenvalue weighted by Crippen LogP contribution is -2.39. The molecule has 8 nitrogen and oxygen atoms in total. The second-order valence-corrected chi connectivity index (χ2v) is 5.33. The smallest absolute Gasteiger partial charge is 0.261 e. The summed E-state index contributed by atoms with van der Waals surface area (Å²) in [7, 11) is -3.83. The number of rotatable bonds is 6. The van der Waals surface area contributed by atoms with Gasteiger partial charge in [0.05, 0.1) is 5.75 Å². The molecule has 0 aliphatic heterocycles. The van der Waals surface area contributed by atoms with Gasteiger partial charge < -0.3 is 0 Å². The maximum absolute atomic E-state index is 11.5. The highest BCUT2D eigenvalue weighted by atomic mass is 32.2. The highest BCUT2D eigenvalue weighted by molar-refractivity contribution is 7.92. The van der Waals surface area contributed by atoms with E-state index >= 15 is 0 Å². The van der Waals surface area contributed by atoms with Crippen LogP contribution in [0.25, 0.3) is 0 Å². The summed E-state index contributed by atoms with van der Waals surface area (Å²) in [5.74, 6) is -2.47. The zero-order chi connectivity index (χ0) is 12.8. The van der Waals surface area contributed by atoms with Crippen LogP contribution >= 0.6 is 0 Å². The third-order valence-electron chi connectivity index (χ3n) is 1.95. The standard InChI is InChI=1S/C7H14N2O6S/c1-2-5(7(11)9-13)16(14,15)4-3-6(10)8-12/h5,12-13H,2-4H2,1H3,(H,8,10)(H,9,11). The first-order valence-electron chi connectivity index (χ1n) is 4.47. The summed E-state index contributed by atoms with van der Waals surface area (Å²) < 4.78 is 23.1. The van der Waals surface area contributed by atoms with E-state index in [4.69, 9.17) is 10.4 Å². The van der Waals surface area contributed by atoms with Crippen LogP contribution < -0.4 is 11.0 Å². The van der Waals surface area contributed by atoms with Gasteiger partial charge in [0.2, 0.25) is 5.91 Å². The minimum atomic E-state index is -3.83. The third kappa shape index (κ3) is 4.13. The molecule has 0 spiro atoms. The fourth-order valence-electron chi connectivity index (χ4n) is 1.11. The van der Waals surface area contributed by atoms with E-state index in [1.165, 1.54) is 17.9 Å². The number of hydrogen-bond acceptors (Lipinski definition) is 6. The van der Waals surface area contributed by atoms with Gasteiger partial charge in [-0.1, -0.05) is 6.92 Å². The quantitative estimate of drug-likeness (QED) is 0.339. The molecule has 0 aromatic carbocycles. The Bertz CT molecular complexity index is 352. The van der Waals surface area contributed by atoms with Crippen LogP contribution in [0.15, 0.2) is 0 Å². The van der Waals surface area contributed by atoms with Gasteiger partial charge in [-0.05, 0) is 6.42 Å². The molecule has 16 heavy (non-hydrogen) atoms. The Labute approximate surface area is 92.5 Å². The Hall–Kier alpha value is -1.19. The van der Waals surface area contributed by atoms with Gasteiger partial charge in [0, 0.05) is 6.42 Å². The number of sulfone groups is 1. The van der Waals surface area contributed by atoms with E-state index in [1.54, 1.807) is 0 Å². The molecule has 0 fully saturated rings. The molecule has 1 atom stereocenters. The van der Waals surface area contributed by atoms with Crippen LogP contribution in [0.4, 0.5) is 0 Å². The molecule has 94 valence electrons. The maximum atomic E-state index is 11.5. The summed E-state index contributed by atoms with van der Waals surface area (Å²) in [6.07, 6.45) is -0.469. The monoisotopic (exact) mass is 254 g/mol. The van der Waals surface area contributed by atoms with Gasteiger partial charge in [0.1, 0.15) is 5.25 Å². The van der Waals surface area contributed by atoms with Gasteiger partial charge >= 0.3 is 0 Å². The summed E-state index contributed by atoms with van der Waals surface area (Å²) in [6, 6.07) is 0. The predicted molar refractivity (Wildman–Crippen MR) is 52.3 cm³/mol. The summed E-state index contributed by atoms with van der Waals surface area (Å²) in [6.45, 7) is 1.46. The van der Waals surface area contributed by atoms with Gasteiger partial charge in [-0.25, -0.2) is 19.4 Å². The maximum Gasteiger partial charge on any atom is 0.261 e. The molecule has 2 amide bonds. The molecule has 0 saturated carbocycles. The molecule has 0 bridgehead atoms. The molecule has 0 aliphatic carbocycles. The Morgan fingerprint density at radius 2 is 1.81 bits per heavy atom. The summed E-state index contributed by atoms with van der Waals surface area (Å²) in [5.41, 5.74) is 2.54. The number of hydrogen-bond donors (Lipinski definition) is 4. The molecular formula is C7H14N2O6S. The van der Waals surface area contributed by atoms with Crippen molar-refractivity contribution in [1.82, 2.24) is 11.0 Å². The van der Waals surface area contributed by atoms with Crippen molar-refractivity contribution in [3.05, 3.63) is 0 Å². The lowest BCUT2D eigenvalue weighted by molar-refractivity contribution is -0.129. The van der Waals surface area contributed by atoms with Gasteiger partial charge in [0.15, 0.2) is 9.84 Å². The van der Waals surface area contributed by atoms with Crippen molar-refractivity contribution in [3.63, 3.8) is 0 Å². The Balaban J connectivity index is 4.63. The van der Waals surface area contributed by atoms with Crippen molar-refractivity contribution < 1.29 is 28.4 Å². The van der Waals surface area contributed by atoms with Gasteiger partial charge in [0.25, 0.3) is 5.91 Å². The molecular weight excluding hydrogens is 240 g/mol. The van der Waals surface area contributed by atoms with Crippen LogP contribution in [0.1, 0.15) is 19.8 Å². The van der Waals surface area contributed by atoms with Gasteiger partial charge in [-0.2, -0.15) is 0 Å². The Morgan fingerprint density at radius 3 is 2.19 bits per heavy atom. The highest BCUT2D eigenvalue weighted by Crippen LogP contribution is 2.08. The molecule has 0 heterocycles. The Kier molecular flexibility index (Phi) is 5.93. The Morgan fingerprint density at radius 1 is 1.25 bits per heavy atom. The number of hydroxylamine groups is 2. The lowest BCUT2D eigenvalue weighted by atomic mass is 10.3. The predicted octanol–water partition coefficient (Wildman–Crippen LogP) is -1.42. The number of carbonyl (C=O) groups excluding carboxylic acids is 2. The first-order valence-corrected chi connectivity index (χ1v) is 6.19. The van der Waals surface area contributed by atoms with E-state index < -0.39 is 39.1 Å². The van der Waals surface area contributed by atoms with Crippen LogP contribution in [-0.2, 0) is 19.4 Å². The van der Waals surface area contributed by atoms with Crippen LogP contribution in [0.2, 0.25) is 0 Å². The summed E-state index contributed by atoms with van der Waals surface area (Å²) in [4.78, 5) is 21.6. The summed E-state index contributed by atoms with van der Waals surface area (Å²) >= 11 is 0. The average molecular weight is 254 g/mol. The number of nitrogens with one attached hydrogen (secondary N) is 2. The molecule has 0 radical (unpaired) electrons. The van der Waals surface area contributed by atoms with Crippen LogP contribution in [-0.4, -0.2) is 41.6 Å².